The summed E-state index contributed by atoms with van der Waals surface area (Å²) in [6, 6.07) is 9.24. The standard InChI is InChI=1S/C19H20Br2/c1-10(2)12-5-15-16-8-13(20)7-14(11(3)4)17(16)9-18(15)19(21)6-12/h5-8,10-11H,9H2,1-4H3. The molecule has 0 aliphatic heterocycles. The molecule has 0 spiro atoms. The Kier molecular flexibility index (Phi) is 4.04. The lowest BCUT2D eigenvalue weighted by molar-refractivity contribution is 0.851. The molecular weight excluding hydrogens is 388 g/mol. The maximum absolute atomic E-state index is 3.79. The molecule has 0 nitrogen and oxygen atoms in total. The van der Waals surface area contributed by atoms with E-state index < -0.39 is 0 Å². The first-order valence-electron chi connectivity index (χ1n) is 7.53. The lowest BCUT2D eigenvalue weighted by Gasteiger charge is -2.13. The minimum Gasteiger partial charge on any atom is -0.0587 e. The lowest BCUT2D eigenvalue weighted by atomic mass is 9.93. The third-order valence-electron chi connectivity index (χ3n) is 4.40. The van der Waals surface area contributed by atoms with E-state index in [2.05, 4.69) is 83.8 Å². The molecule has 110 valence electrons. The van der Waals surface area contributed by atoms with E-state index in [1.165, 1.54) is 42.3 Å². The molecule has 0 amide bonds. The highest BCUT2D eigenvalue weighted by molar-refractivity contribution is 9.10. The Morgan fingerprint density at radius 1 is 0.810 bits per heavy atom. The topological polar surface area (TPSA) is 0 Å². The zero-order valence-electron chi connectivity index (χ0n) is 12.9. The van der Waals surface area contributed by atoms with Crippen LogP contribution in [0, 0.1) is 0 Å². The normalized spacial score (nSPS) is 13.0. The summed E-state index contributed by atoms with van der Waals surface area (Å²) >= 11 is 7.48. The van der Waals surface area contributed by atoms with Gasteiger partial charge in [0.15, 0.2) is 0 Å². The highest BCUT2D eigenvalue weighted by Crippen LogP contribution is 2.45. The van der Waals surface area contributed by atoms with Crippen molar-refractivity contribution in [2.75, 3.05) is 0 Å². The summed E-state index contributed by atoms with van der Waals surface area (Å²) in [5.41, 5.74) is 8.63. The van der Waals surface area contributed by atoms with Crippen LogP contribution in [0.4, 0.5) is 0 Å². The maximum Gasteiger partial charge on any atom is 0.0219 e. The molecule has 2 aromatic carbocycles. The molecule has 0 fully saturated rings. The summed E-state index contributed by atoms with van der Waals surface area (Å²) in [6.07, 6.45) is 1.05. The fourth-order valence-corrected chi connectivity index (χ4v) is 4.29. The number of benzene rings is 2. The zero-order valence-corrected chi connectivity index (χ0v) is 16.1. The predicted octanol–water partition coefficient (Wildman–Crippen LogP) is 7.03. The van der Waals surface area contributed by atoms with E-state index in [-0.39, 0.29) is 0 Å². The molecule has 0 heterocycles. The molecule has 0 radical (unpaired) electrons. The van der Waals surface area contributed by atoms with E-state index in [4.69, 9.17) is 0 Å². The van der Waals surface area contributed by atoms with Crippen LogP contribution in [-0.4, -0.2) is 0 Å². The van der Waals surface area contributed by atoms with Gasteiger partial charge in [-0.2, -0.15) is 0 Å². The van der Waals surface area contributed by atoms with E-state index in [9.17, 15) is 0 Å². The van der Waals surface area contributed by atoms with Crippen LogP contribution >= 0.6 is 31.9 Å². The Morgan fingerprint density at radius 2 is 1.48 bits per heavy atom. The van der Waals surface area contributed by atoms with Gasteiger partial charge < -0.3 is 0 Å². The third kappa shape index (κ3) is 2.61. The van der Waals surface area contributed by atoms with Crippen molar-refractivity contribution in [3.05, 3.63) is 55.5 Å². The minimum absolute atomic E-state index is 0.548. The summed E-state index contributed by atoms with van der Waals surface area (Å²) in [4.78, 5) is 0. The monoisotopic (exact) mass is 406 g/mol. The molecule has 0 unspecified atom stereocenters. The Morgan fingerprint density at radius 3 is 2.10 bits per heavy atom. The van der Waals surface area contributed by atoms with E-state index in [0.717, 1.165) is 6.42 Å². The second-order valence-electron chi connectivity index (χ2n) is 6.54. The molecule has 0 saturated carbocycles. The molecule has 2 aromatic rings. The van der Waals surface area contributed by atoms with Crippen LogP contribution in [0.2, 0.25) is 0 Å². The van der Waals surface area contributed by atoms with E-state index in [1.807, 2.05) is 0 Å². The van der Waals surface area contributed by atoms with Crippen LogP contribution in [0.3, 0.4) is 0 Å². The van der Waals surface area contributed by atoms with Gasteiger partial charge in [-0.05, 0) is 63.4 Å². The fourth-order valence-electron chi connectivity index (χ4n) is 3.20. The summed E-state index contributed by atoms with van der Waals surface area (Å²) in [5, 5.41) is 0. The predicted molar refractivity (Wildman–Crippen MR) is 98.3 cm³/mol. The van der Waals surface area contributed by atoms with Crippen LogP contribution < -0.4 is 0 Å². The first kappa shape index (κ1) is 15.3. The van der Waals surface area contributed by atoms with Crippen LogP contribution in [0.1, 0.15) is 61.8 Å². The smallest absolute Gasteiger partial charge is 0.0219 e. The van der Waals surface area contributed by atoms with Crippen molar-refractivity contribution in [2.24, 2.45) is 0 Å². The van der Waals surface area contributed by atoms with Crippen molar-refractivity contribution >= 4 is 31.9 Å². The first-order valence-corrected chi connectivity index (χ1v) is 9.12. The van der Waals surface area contributed by atoms with Crippen molar-refractivity contribution in [3.8, 4) is 11.1 Å². The van der Waals surface area contributed by atoms with Crippen molar-refractivity contribution in [1.82, 2.24) is 0 Å². The third-order valence-corrected chi connectivity index (χ3v) is 5.56. The molecule has 0 atom stereocenters. The summed E-state index contributed by atoms with van der Waals surface area (Å²) in [7, 11) is 0. The summed E-state index contributed by atoms with van der Waals surface area (Å²) < 4.78 is 2.44. The SMILES string of the molecule is CC(C)c1cc(Br)c2c(c1)-c1cc(Br)cc(C(C)C)c1C2. The summed E-state index contributed by atoms with van der Waals surface area (Å²) in [5.74, 6) is 1.10. The number of hydrogen-bond acceptors (Lipinski definition) is 0. The largest absolute Gasteiger partial charge is 0.0587 e. The Balaban J connectivity index is 2.26. The van der Waals surface area contributed by atoms with Crippen LogP contribution in [-0.2, 0) is 6.42 Å². The first-order chi connectivity index (χ1) is 9.88. The number of hydrogen-bond donors (Lipinski definition) is 0. The average molecular weight is 408 g/mol. The molecule has 1 aliphatic carbocycles. The van der Waals surface area contributed by atoms with Crippen molar-refractivity contribution in [3.63, 3.8) is 0 Å². The van der Waals surface area contributed by atoms with Gasteiger partial charge in [0.25, 0.3) is 0 Å². The van der Waals surface area contributed by atoms with Gasteiger partial charge in [-0.3, -0.25) is 0 Å². The van der Waals surface area contributed by atoms with Crippen molar-refractivity contribution in [1.29, 1.82) is 0 Å². The number of halogens is 2. The highest BCUT2D eigenvalue weighted by atomic mass is 79.9. The molecule has 0 N–H and O–H groups in total. The van der Waals surface area contributed by atoms with Crippen LogP contribution in [0.15, 0.2) is 33.2 Å². The van der Waals surface area contributed by atoms with Gasteiger partial charge in [-0.15, -0.1) is 0 Å². The number of rotatable bonds is 2. The minimum atomic E-state index is 0.548. The van der Waals surface area contributed by atoms with Gasteiger partial charge in [0, 0.05) is 15.4 Å². The molecule has 21 heavy (non-hydrogen) atoms. The van der Waals surface area contributed by atoms with Gasteiger partial charge in [-0.1, -0.05) is 65.6 Å². The molecule has 0 saturated heterocycles. The van der Waals surface area contributed by atoms with E-state index in [0.29, 0.717) is 11.8 Å². The zero-order chi connectivity index (χ0) is 15.3. The van der Waals surface area contributed by atoms with Crippen molar-refractivity contribution < 1.29 is 0 Å². The highest BCUT2D eigenvalue weighted by Gasteiger charge is 2.25. The van der Waals surface area contributed by atoms with Crippen molar-refractivity contribution in [2.45, 2.75) is 46.0 Å². The van der Waals surface area contributed by atoms with Gasteiger partial charge in [0.1, 0.15) is 0 Å². The molecular formula is C19H20Br2. The Labute approximate surface area is 144 Å². The molecule has 2 heteroatoms. The molecule has 0 aromatic heterocycles. The Bertz CT molecular complexity index is 712. The molecule has 1 aliphatic rings. The molecule has 3 rings (SSSR count). The lowest BCUT2D eigenvalue weighted by Crippen LogP contribution is -1.95. The molecule has 0 bridgehead atoms. The quantitative estimate of drug-likeness (QED) is 0.427. The van der Waals surface area contributed by atoms with E-state index in [1.54, 1.807) is 0 Å². The second-order valence-corrected chi connectivity index (χ2v) is 8.31. The number of fused-ring (bicyclic) bond motifs is 3. The van der Waals surface area contributed by atoms with Crippen LogP contribution in [0.25, 0.3) is 11.1 Å². The van der Waals surface area contributed by atoms with E-state index >= 15 is 0 Å². The fraction of sp³-hybridized carbons (Fsp3) is 0.368. The van der Waals surface area contributed by atoms with Crippen LogP contribution in [0.5, 0.6) is 0 Å². The van der Waals surface area contributed by atoms with Gasteiger partial charge in [-0.25, -0.2) is 0 Å². The van der Waals surface area contributed by atoms with Gasteiger partial charge >= 0.3 is 0 Å². The Hall–Kier alpha value is -0.600. The maximum atomic E-state index is 3.79. The second kappa shape index (κ2) is 5.55. The summed E-state index contributed by atoms with van der Waals surface area (Å²) in [6.45, 7) is 9.06. The van der Waals surface area contributed by atoms with Gasteiger partial charge in [0.05, 0.1) is 0 Å². The average Bonchev–Trinajstić information content (AvgIpc) is 2.77. The van der Waals surface area contributed by atoms with Gasteiger partial charge in [0.2, 0.25) is 0 Å².